The number of carbonyl (C=O) groups excluding carboxylic acids is 1. The molecule has 8 heteroatoms. The van der Waals surface area contributed by atoms with E-state index in [9.17, 15) is 14.7 Å². The maximum absolute atomic E-state index is 12.1. The molecule has 0 saturated carbocycles. The molecule has 2 aromatic heterocycles. The number of nitrogens with one attached hydrogen (secondary N) is 1. The van der Waals surface area contributed by atoms with Crippen molar-refractivity contribution in [1.29, 1.82) is 0 Å². The molecule has 2 aromatic rings. The maximum atomic E-state index is 12.1. The molecule has 0 aliphatic carbocycles. The molecule has 0 aromatic carbocycles. The number of aliphatic carboxylic acids is 1. The van der Waals surface area contributed by atoms with E-state index in [0.717, 1.165) is 4.47 Å². The SMILES string of the molecule is Cn1cc(C(NC(=O)c2cc(Br)cn2C)C(=O)O)cn1. The van der Waals surface area contributed by atoms with Gasteiger partial charge in [-0.05, 0) is 22.0 Å². The van der Waals surface area contributed by atoms with Crippen LogP contribution < -0.4 is 5.32 Å². The molecule has 0 bridgehead atoms. The van der Waals surface area contributed by atoms with Gasteiger partial charge in [-0.3, -0.25) is 9.48 Å². The molecule has 2 rings (SSSR count). The molecule has 0 aliphatic heterocycles. The van der Waals surface area contributed by atoms with Crippen LogP contribution in [-0.2, 0) is 18.9 Å². The zero-order valence-electron chi connectivity index (χ0n) is 10.9. The van der Waals surface area contributed by atoms with E-state index in [4.69, 9.17) is 0 Å². The monoisotopic (exact) mass is 340 g/mol. The molecule has 7 nitrogen and oxygen atoms in total. The fraction of sp³-hybridized carbons (Fsp3) is 0.250. The Kier molecular flexibility index (Phi) is 3.93. The first kappa shape index (κ1) is 14.3. The van der Waals surface area contributed by atoms with Crippen molar-refractivity contribution in [2.75, 3.05) is 0 Å². The number of carbonyl (C=O) groups is 2. The second-order valence-electron chi connectivity index (χ2n) is 4.35. The van der Waals surface area contributed by atoms with Crippen LogP contribution in [0.25, 0.3) is 0 Å². The van der Waals surface area contributed by atoms with E-state index in [1.165, 1.54) is 10.9 Å². The van der Waals surface area contributed by atoms with Gasteiger partial charge in [0.1, 0.15) is 5.69 Å². The topological polar surface area (TPSA) is 89.2 Å². The highest BCUT2D eigenvalue weighted by Gasteiger charge is 2.25. The van der Waals surface area contributed by atoms with Gasteiger partial charge in [-0.2, -0.15) is 5.10 Å². The molecular weight excluding hydrogens is 328 g/mol. The van der Waals surface area contributed by atoms with E-state index < -0.39 is 17.9 Å². The van der Waals surface area contributed by atoms with Gasteiger partial charge in [-0.1, -0.05) is 0 Å². The van der Waals surface area contributed by atoms with Crippen LogP contribution in [0.4, 0.5) is 0 Å². The van der Waals surface area contributed by atoms with Gasteiger partial charge in [0.25, 0.3) is 5.91 Å². The second kappa shape index (κ2) is 5.49. The first-order valence-electron chi connectivity index (χ1n) is 5.72. The minimum atomic E-state index is -1.14. The molecule has 1 atom stereocenters. The van der Waals surface area contributed by atoms with Gasteiger partial charge < -0.3 is 15.0 Å². The number of carboxylic acids is 1. The Hall–Kier alpha value is -2.09. The fourth-order valence-electron chi connectivity index (χ4n) is 1.83. The number of halogens is 1. The summed E-state index contributed by atoms with van der Waals surface area (Å²) in [6.07, 6.45) is 4.69. The van der Waals surface area contributed by atoms with Crippen LogP contribution in [0.2, 0.25) is 0 Å². The van der Waals surface area contributed by atoms with Gasteiger partial charge in [0.15, 0.2) is 6.04 Å². The molecule has 20 heavy (non-hydrogen) atoms. The van der Waals surface area contributed by atoms with Crippen molar-refractivity contribution >= 4 is 27.8 Å². The number of rotatable bonds is 4. The zero-order chi connectivity index (χ0) is 14.9. The molecule has 2 heterocycles. The first-order valence-corrected chi connectivity index (χ1v) is 6.52. The number of nitrogens with zero attached hydrogens (tertiary/aromatic N) is 3. The summed E-state index contributed by atoms with van der Waals surface area (Å²) < 4.78 is 3.84. The van der Waals surface area contributed by atoms with Gasteiger partial charge in [0, 0.05) is 36.5 Å². The highest BCUT2D eigenvalue weighted by atomic mass is 79.9. The van der Waals surface area contributed by atoms with Gasteiger partial charge in [0.2, 0.25) is 0 Å². The lowest BCUT2D eigenvalue weighted by molar-refractivity contribution is -0.139. The molecule has 0 radical (unpaired) electrons. The van der Waals surface area contributed by atoms with Crippen molar-refractivity contribution < 1.29 is 14.7 Å². The lowest BCUT2D eigenvalue weighted by atomic mass is 10.1. The van der Waals surface area contributed by atoms with Crippen molar-refractivity contribution in [3.8, 4) is 0 Å². The first-order chi connectivity index (χ1) is 9.38. The van der Waals surface area contributed by atoms with E-state index >= 15 is 0 Å². The number of aryl methyl sites for hydroxylation is 2. The Morgan fingerprint density at radius 3 is 2.55 bits per heavy atom. The third-order valence-corrected chi connectivity index (χ3v) is 3.22. The predicted molar refractivity (Wildman–Crippen MR) is 74.2 cm³/mol. The van der Waals surface area contributed by atoms with Crippen LogP contribution in [-0.4, -0.2) is 31.3 Å². The lowest BCUT2D eigenvalue weighted by Crippen LogP contribution is -2.34. The van der Waals surface area contributed by atoms with Crippen LogP contribution in [0, 0.1) is 0 Å². The highest BCUT2D eigenvalue weighted by molar-refractivity contribution is 9.10. The third-order valence-electron chi connectivity index (χ3n) is 2.78. The number of hydrogen-bond donors (Lipinski definition) is 2. The van der Waals surface area contributed by atoms with Crippen molar-refractivity contribution in [1.82, 2.24) is 19.7 Å². The summed E-state index contributed by atoms with van der Waals surface area (Å²) in [5.41, 5.74) is 0.786. The largest absolute Gasteiger partial charge is 0.479 e. The van der Waals surface area contributed by atoms with Gasteiger partial charge >= 0.3 is 5.97 Å². The Morgan fingerprint density at radius 1 is 1.40 bits per heavy atom. The van der Waals surface area contributed by atoms with E-state index in [0.29, 0.717) is 11.3 Å². The van der Waals surface area contributed by atoms with E-state index in [2.05, 4.69) is 26.3 Å². The van der Waals surface area contributed by atoms with Crippen LogP contribution in [0.3, 0.4) is 0 Å². The van der Waals surface area contributed by atoms with Crippen molar-refractivity contribution in [2.24, 2.45) is 14.1 Å². The van der Waals surface area contributed by atoms with Gasteiger partial charge in [-0.25, -0.2) is 4.79 Å². The summed E-state index contributed by atoms with van der Waals surface area (Å²) in [6, 6.07) is 0.488. The van der Waals surface area contributed by atoms with E-state index in [-0.39, 0.29) is 0 Å². The summed E-state index contributed by atoms with van der Waals surface area (Å²) in [5, 5.41) is 15.6. The quantitative estimate of drug-likeness (QED) is 0.871. The molecule has 2 N–H and O–H groups in total. The summed E-state index contributed by atoms with van der Waals surface area (Å²) in [4.78, 5) is 23.4. The number of aromatic nitrogens is 3. The Labute approximate surface area is 123 Å². The summed E-state index contributed by atoms with van der Waals surface area (Å²) in [6.45, 7) is 0. The van der Waals surface area contributed by atoms with Crippen molar-refractivity contribution in [2.45, 2.75) is 6.04 Å². The second-order valence-corrected chi connectivity index (χ2v) is 5.26. The molecule has 0 spiro atoms. The maximum Gasteiger partial charge on any atom is 0.331 e. The standard InChI is InChI=1S/C12H13BrN4O3/c1-16-6-8(13)3-9(16)11(18)15-10(12(19)20)7-4-14-17(2)5-7/h3-6,10H,1-2H3,(H,15,18)(H,19,20). The zero-order valence-corrected chi connectivity index (χ0v) is 12.5. The molecule has 0 aliphatic rings. The summed E-state index contributed by atoms with van der Waals surface area (Å²) in [5.74, 6) is -1.60. The van der Waals surface area contributed by atoms with Crippen LogP contribution in [0.5, 0.6) is 0 Å². The number of carboxylic acid groups (broad SMARTS) is 1. The van der Waals surface area contributed by atoms with Crippen LogP contribution in [0.15, 0.2) is 29.1 Å². The fourth-order valence-corrected chi connectivity index (χ4v) is 2.36. The van der Waals surface area contributed by atoms with Crippen molar-refractivity contribution in [3.05, 3.63) is 40.4 Å². The molecular formula is C12H13BrN4O3. The Balaban J connectivity index is 2.23. The van der Waals surface area contributed by atoms with Gasteiger partial charge in [-0.15, -0.1) is 0 Å². The van der Waals surface area contributed by atoms with E-state index in [1.54, 1.807) is 37.1 Å². The average Bonchev–Trinajstić information content (AvgIpc) is 2.91. The molecule has 1 unspecified atom stereocenters. The predicted octanol–water partition coefficient (Wildman–Crippen LogP) is 1.08. The normalized spacial score (nSPS) is 12.2. The van der Waals surface area contributed by atoms with Crippen LogP contribution >= 0.6 is 15.9 Å². The average molecular weight is 341 g/mol. The molecule has 106 valence electrons. The van der Waals surface area contributed by atoms with E-state index in [1.807, 2.05) is 0 Å². The number of hydrogen-bond acceptors (Lipinski definition) is 3. The highest BCUT2D eigenvalue weighted by Crippen LogP contribution is 2.16. The smallest absolute Gasteiger partial charge is 0.331 e. The third kappa shape index (κ3) is 2.90. The summed E-state index contributed by atoms with van der Waals surface area (Å²) >= 11 is 3.26. The molecule has 0 fully saturated rings. The minimum absolute atomic E-state index is 0.368. The lowest BCUT2D eigenvalue weighted by Gasteiger charge is -2.13. The van der Waals surface area contributed by atoms with Crippen LogP contribution in [0.1, 0.15) is 22.1 Å². The van der Waals surface area contributed by atoms with Crippen molar-refractivity contribution in [3.63, 3.8) is 0 Å². The Bertz CT molecular complexity index is 661. The molecule has 1 amide bonds. The van der Waals surface area contributed by atoms with Gasteiger partial charge in [0.05, 0.1) is 6.20 Å². The Morgan fingerprint density at radius 2 is 2.10 bits per heavy atom. The molecule has 0 saturated heterocycles. The number of amides is 1. The summed E-state index contributed by atoms with van der Waals surface area (Å²) in [7, 11) is 3.39. The minimum Gasteiger partial charge on any atom is -0.479 e.